The molecule has 1 aliphatic rings. The number of benzene rings is 1. The monoisotopic (exact) mass is 402 g/mol. The Hall–Kier alpha value is -3.10. The molecule has 0 aliphatic carbocycles. The molecule has 1 aliphatic heterocycles. The molecule has 3 rings (SSSR count). The van der Waals surface area contributed by atoms with E-state index in [1.54, 1.807) is 18.3 Å². The number of carbonyl (C=O) groups excluding carboxylic acids is 2. The van der Waals surface area contributed by atoms with E-state index in [2.05, 4.69) is 20.8 Å². The number of carbonyl (C=O) groups is 2. The first kappa shape index (κ1) is 20.6. The Morgan fingerprint density at radius 2 is 2.03 bits per heavy atom. The van der Waals surface area contributed by atoms with Gasteiger partial charge in [-0.2, -0.15) is 5.10 Å². The van der Waals surface area contributed by atoms with Crippen LogP contribution < -0.4 is 20.4 Å². The van der Waals surface area contributed by atoms with E-state index in [0.717, 1.165) is 11.4 Å². The van der Waals surface area contributed by atoms with E-state index in [0.29, 0.717) is 25.3 Å². The first-order chi connectivity index (χ1) is 13.8. The molecule has 2 amide bonds. The topological polar surface area (TPSA) is 93.4 Å². The second-order valence-corrected chi connectivity index (χ2v) is 7.69. The summed E-state index contributed by atoms with van der Waals surface area (Å²) in [7, 11) is 1.90. The number of H-pyrrole nitrogens is 1. The van der Waals surface area contributed by atoms with Gasteiger partial charge in [0.25, 0.3) is 0 Å². The van der Waals surface area contributed by atoms with Gasteiger partial charge in [0, 0.05) is 26.2 Å². The largest absolute Gasteiger partial charge is 0.371 e. The number of aromatic nitrogens is 2. The predicted octanol–water partition coefficient (Wildman–Crippen LogP) is 1.97. The minimum absolute atomic E-state index is 0.0956. The Balaban J connectivity index is 1.67. The maximum absolute atomic E-state index is 13.6. The number of amides is 2. The van der Waals surface area contributed by atoms with Crippen LogP contribution in [0.1, 0.15) is 20.3 Å². The SMILES string of the molecule is CC(C)CC(NC(=O)CN1CCN(C)c2cc(F)ccc21)C(=O)Nc1ccn[nH]1. The number of fused-ring (bicyclic) bond motifs is 1. The number of nitrogens with zero attached hydrogens (tertiary/aromatic N) is 3. The molecule has 9 heteroatoms. The molecule has 1 aromatic heterocycles. The van der Waals surface area contributed by atoms with Gasteiger partial charge in [-0.05, 0) is 30.5 Å². The van der Waals surface area contributed by atoms with Gasteiger partial charge in [-0.3, -0.25) is 14.7 Å². The molecule has 0 radical (unpaired) electrons. The average molecular weight is 402 g/mol. The maximum Gasteiger partial charge on any atom is 0.248 e. The van der Waals surface area contributed by atoms with Crippen molar-refractivity contribution in [1.29, 1.82) is 0 Å². The highest BCUT2D eigenvalue weighted by Gasteiger charge is 2.26. The summed E-state index contributed by atoms with van der Waals surface area (Å²) in [6.07, 6.45) is 2.05. The van der Waals surface area contributed by atoms with Gasteiger partial charge in [0.15, 0.2) is 0 Å². The molecular formula is C20H27FN6O2. The van der Waals surface area contributed by atoms with Crippen LogP contribution in [0, 0.1) is 11.7 Å². The quantitative estimate of drug-likeness (QED) is 0.659. The lowest BCUT2D eigenvalue weighted by Gasteiger charge is -2.36. The van der Waals surface area contributed by atoms with Crippen LogP contribution in [0.25, 0.3) is 0 Å². The lowest BCUT2D eigenvalue weighted by atomic mass is 10.0. The maximum atomic E-state index is 13.6. The number of hydrogen-bond donors (Lipinski definition) is 3. The standard InChI is InChI=1S/C20H27FN6O2/c1-13(2)10-15(20(29)24-18-6-7-22-25-18)23-19(28)12-27-9-8-26(3)17-11-14(21)4-5-16(17)27/h4-7,11,13,15H,8-10,12H2,1-3H3,(H,23,28)(H2,22,24,25,29). The number of aromatic amines is 1. The van der Waals surface area contributed by atoms with Gasteiger partial charge in [-0.25, -0.2) is 4.39 Å². The number of nitrogens with one attached hydrogen (secondary N) is 3. The van der Waals surface area contributed by atoms with Gasteiger partial charge in [0.05, 0.1) is 24.1 Å². The lowest BCUT2D eigenvalue weighted by Crippen LogP contribution is -2.50. The molecule has 0 fully saturated rings. The normalized spacial score (nSPS) is 14.5. The Bertz CT molecular complexity index is 855. The molecule has 2 aromatic rings. The first-order valence-electron chi connectivity index (χ1n) is 9.68. The zero-order valence-corrected chi connectivity index (χ0v) is 16.9. The van der Waals surface area contributed by atoms with Crippen molar-refractivity contribution < 1.29 is 14.0 Å². The first-order valence-corrected chi connectivity index (χ1v) is 9.68. The van der Waals surface area contributed by atoms with Gasteiger partial charge >= 0.3 is 0 Å². The third-order valence-electron chi connectivity index (χ3n) is 4.85. The van der Waals surface area contributed by atoms with Crippen molar-refractivity contribution in [2.45, 2.75) is 26.3 Å². The number of halogens is 1. The van der Waals surface area contributed by atoms with Crippen LogP contribution in [0.15, 0.2) is 30.5 Å². The average Bonchev–Trinajstić information content (AvgIpc) is 3.16. The fourth-order valence-corrected chi connectivity index (χ4v) is 3.41. The van der Waals surface area contributed by atoms with Crippen molar-refractivity contribution in [2.24, 2.45) is 5.92 Å². The Kier molecular flexibility index (Phi) is 6.36. The van der Waals surface area contributed by atoms with Crippen LogP contribution in [-0.4, -0.2) is 54.7 Å². The van der Waals surface area contributed by atoms with Crippen molar-refractivity contribution in [2.75, 3.05) is 41.8 Å². The van der Waals surface area contributed by atoms with E-state index in [1.807, 2.05) is 30.7 Å². The molecule has 0 spiro atoms. The number of likely N-dealkylation sites (N-methyl/N-ethyl adjacent to an activating group) is 1. The minimum atomic E-state index is -0.661. The van der Waals surface area contributed by atoms with E-state index in [1.165, 1.54) is 12.1 Å². The molecule has 2 heterocycles. The second-order valence-electron chi connectivity index (χ2n) is 7.69. The zero-order valence-electron chi connectivity index (χ0n) is 16.9. The van der Waals surface area contributed by atoms with E-state index in [-0.39, 0.29) is 30.1 Å². The Morgan fingerprint density at radius 1 is 1.24 bits per heavy atom. The summed E-state index contributed by atoms with van der Waals surface area (Å²) >= 11 is 0. The van der Waals surface area contributed by atoms with Crippen LogP contribution in [-0.2, 0) is 9.59 Å². The summed E-state index contributed by atoms with van der Waals surface area (Å²) in [6, 6.07) is 5.53. The highest BCUT2D eigenvalue weighted by atomic mass is 19.1. The van der Waals surface area contributed by atoms with Crippen LogP contribution >= 0.6 is 0 Å². The van der Waals surface area contributed by atoms with Gasteiger partial charge < -0.3 is 20.4 Å². The van der Waals surface area contributed by atoms with Gasteiger partial charge in [-0.15, -0.1) is 0 Å². The summed E-state index contributed by atoms with van der Waals surface area (Å²) in [5, 5.41) is 12.1. The lowest BCUT2D eigenvalue weighted by molar-refractivity contribution is -0.126. The number of anilines is 3. The van der Waals surface area contributed by atoms with Gasteiger partial charge in [-0.1, -0.05) is 13.8 Å². The minimum Gasteiger partial charge on any atom is -0.371 e. The zero-order chi connectivity index (χ0) is 21.0. The molecule has 8 nitrogen and oxygen atoms in total. The van der Waals surface area contributed by atoms with E-state index in [4.69, 9.17) is 0 Å². The van der Waals surface area contributed by atoms with E-state index in [9.17, 15) is 14.0 Å². The van der Waals surface area contributed by atoms with Crippen LogP contribution in [0.2, 0.25) is 0 Å². The number of rotatable bonds is 7. The van der Waals surface area contributed by atoms with Crippen molar-refractivity contribution in [3.05, 3.63) is 36.3 Å². The van der Waals surface area contributed by atoms with Crippen molar-refractivity contribution in [3.8, 4) is 0 Å². The molecule has 0 saturated heterocycles. The molecule has 0 saturated carbocycles. The fraction of sp³-hybridized carbons (Fsp3) is 0.450. The highest BCUT2D eigenvalue weighted by Crippen LogP contribution is 2.32. The van der Waals surface area contributed by atoms with Crippen molar-refractivity contribution >= 4 is 29.0 Å². The molecular weight excluding hydrogens is 375 g/mol. The third kappa shape index (κ3) is 5.24. The smallest absolute Gasteiger partial charge is 0.248 e. The van der Waals surface area contributed by atoms with Crippen LogP contribution in [0.3, 0.4) is 0 Å². The summed E-state index contributed by atoms with van der Waals surface area (Å²) in [4.78, 5) is 29.2. The Labute approximate surface area is 169 Å². The molecule has 3 N–H and O–H groups in total. The number of hydrogen-bond acceptors (Lipinski definition) is 5. The second kappa shape index (κ2) is 8.93. The molecule has 1 atom stereocenters. The summed E-state index contributed by atoms with van der Waals surface area (Å²) in [6.45, 7) is 5.40. The van der Waals surface area contributed by atoms with Crippen LogP contribution in [0.5, 0.6) is 0 Å². The van der Waals surface area contributed by atoms with Gasteiger partial charge in [0.1, 0.15) is 17.7 Å². The Morgan fingerprint density at radius 3 is 2.72 bits per heavy atom. The van der Waals surface area contributed by atoms with Gasteiger partial charge in [0.2, 0.25) is 11.8 Å². The summed E-state index contributed by atoms with van der Waals surface area (Å²) in [5.41, 5.74) is 1.55. The summed E-state index contributed by atoms with van der Waals surface area (Å²) < 4.78 is 13.6. The van der Waals surface area contributed by atoms with Crippen molar-refractivity contribution in [1.82, 2.24) is 15.5 Å². The van der Waals surface area contributed by atoms with Crippen LogP contribution in [0.4, 0.5) is 21.6 Å². The molecule has 29 heavy (non-hydrogen) atoms. The highest BCUT2D eigenvalue weighted by molar-refractivity contribution is 5.97. The predicted molar refractivity (Wildman–Crippen MR) is 110 cm³/mol. The summed E-state index contributed by atoms with van der Waals surface area (Å²) in [5.74, 6) is -0.157. The third-order valence-corrected chi connectivity index (χ3v) is 4.85. The molecule has 156 valence electrons. The molecule has 1 aromatic carbocycles. The van der Waals surface area contributed by atoms with E-state index >= 15 is 0 Å². The molecule has 0 bridgehead atoms. The van der Waals surface area contributed by atoms with E-state index < -0.39 is 6.04 Å². The van der Waals surface area contributed by atoms with Crippen molar-refractivity contribution in [3.63, 3.8) is 0 Å². The fourth-order valence-electron chi connectivity index (χ4n) is 3.41. The molecule has 1 unspecified atom stereocenters.